The van der Waals surface area contributed by atoms with E-state index in [2.05, 4.69) is 25.7 Å². The molecule has 0 atom stereocenters. The molecule has 11 nitrogen and oxygen atoms in total. The second-order valence-electron chi connectivity index (χ2n) is 7.10. The number of rotatable bonds is 7. The molecule has 0 unspecified atom stereocenters. The number of hydrogen-bond acceptors (Lipinski definition) is 8. The predicted molar refractivity (Wildman–Crippen MR) is 115 cm³/mol. The highest BCUT2D eigenvalue weighted by molar-refractivity contribution is 6.03. The van der Waals surface area contributed by atoms with E-state index in [0.29, 0.717) is 24.3 Å². The van der Waals surface area contributed by atoms with E-state index in [0.717, 1.165) is 15.6 Å². The molecule has 0 aliphatic carbocycles. The van der Waals surface area contributed by atoms with Gasteiger partial charge in [0.2, 0.25) is 5.88 Å². The third kappa shape index (κ3) is 4.68. The molecule has 3 N–H and O–H groups in total. The van der Waals surface area contributed by atoms with Crippen LogP contribution in [-0.4, -0.2) is 35.5 Å². The van der Waals surface area contributed by atoms with E-state index >= 15 is 0 Å². The summed E-state index contributed by atoms with van der Waals surface area (Å²) in [6.45, 7) is 2.70. The zero-order valence-electron chi connectivity index (χ0n) is 17.0. The van der Waals surface area contributed by atoms with E-state index in [1.165, 1.54) is 18.2 Å². The summed E-state index contributed by atoms with van der Waals surface area (Å²) in [5.74, 6) is -0.387. The number of aromatic nitrogens is 4. The van der Waals surface area contributed by atoms with Gasteiger partial charge in [0.25, 0.3) is 23.3 Å². The van der Waals surface area contributed by atoms with Gasteiger partial charge in [-0.3, -0.25) is 20.2 Å². The number of anilines is 1. The molecule has 1 amide bonds. The summed E-state index contributed by atoms with van der Waals surface area (Å²) in [6, 6.07) is 14.7. The number of fused-ring (bicyclic) bond motifs is 1. The number of nitro benzene ring substituents is 1. The van der Waals surface area contributed by atoms with Crippen molar-refractivity contribution in [3.63, 3.8) is 0 Å². The van der Waals surface area contributed by atoms with Gasteiger partial charge in [0.05, 0.1) is 10.6 Å². The molecule has 0 saturated carbocycles. The molecule has 0 spiro atoms. The fraction of sp³-hybridized carbons (Fsp3) is 0.143. The molecule has 162 valence electrons. The van der Waals surface area contributed by atoms with Gasteiger partial charge in [0.15, 0.2) is 0 Å². The zero-order valence-corrected chi connectivity index (χ0v) is 17.0. The first-order valence-corrected chi connectivity index (χ1v) is 9.67. The molecular weight excluding hydrogens is 414 g/mol. The van der Waals surface area contributed by atoms with Crippen molar-refractivity contribution in [2.24, 2.45) is 0 Å². The molecule has 4 aromatic rings. The maximum absolute atomic E-state index is 12.4. The smallest absolute Gasteiger partial charge is 0.269 e. The normalized spacial score (nSPS) is 10.9. The lowest BCUT2D eigenvalue weighted by Gasteiger charge is -2.05. The number of benzene rings is 2. The molecule has 4 rings (SSSR count). The second-order valence-corrected chi connectivity index (χ2v) is 7.10. The van der Waals surface area contributed by atoms with Gasteiger partial charge in [-0.25, -0.2) is 4.98 Å². The monoisotopic (exact) mass is 433 g/mol. The van der Waals surface area contributed by atoms with Crippen molar-refractivity contribution in [2.75, 3.05) is 5.32 Å². The molecule has 0 saturated heterocycles. The van der Waals surface area contributed by atoms with Crippen molar-refractivity contribution in [3.05, 3.63) is 87.1 Å². The Labute approximate surface area is 181 Å². The van der Waals surface area contributed by atoms with Crippen LogP contribution in [0.4, 0.5) is 11.6 Å². The van der Waals surface area contributed by atoms with Gasteiger partial charge in [-0.1, -0.05) is 29.8 Å². The minimum absolute atomic E-state index is 0.0226. The van der Waals surface area contributed by atoms with Crippen LogP contribution in [-0.2, 0) is 13.1 Å². The number of carbonyl (C=O) groups excluding carboxylic acids is 1. The Hall–Kier alpha value is -4.38. The van der Waals surface area contributed by atoms with Crippen LogP contribution in [0.3, 0.4) is 0 Å². The molecule has 2 heterocycles. The Balaban J connectivity index is 1.42. The number of nitrogens with one attached hydrogen (secondary N) is 2. The van der Waals surface area contributed by atoms with Crippen LogP contribution in [0.5, 0.6) is 5.88 Å². The first-order chi connectivity index (χ1) is 15.4. The van der Waals surface area contributed by atoms with Gasteiger partial charge in [-0.15, -0.1) is 5.10 Å². The first-order valence-electron chi connectivity index (χ1n) is 9.67. The third-order valence-corrected chi connectivity index (χ3v) is 4.67. The Morgan fingerprint density at radius 1 is 1.09 bits per heavy atom. The molecule has 2 aromatic heterocycles. The van der Waals surface area contributed by atoms with Crippen molar-refractivity contribution in [2.45, 2.75) is 20.0 Å². The summed E-state index contributed by atoms with van der Waals surface area (Å²) in [6.07, 6.45) is 0. The third-order valence-electron chi connectivity index (χ3n) is 4.67. The lowest BCUT2D eigenvalue weighted by Crippen LogP contribution is -2.14. The molecule has 11 heteroatoms. The molecular formula is C21H19N7O4. The van der Waals surface area contributed by atoms with Crippen LogP contribution < -0.4 is 10.6 Å². The number of nitro groups is 1. The van der Waals surface area contributed by atoms with Crippen LogP contribution in [0, 0.1) is 17.0 Å². The Bertz CT molecular complexity index is 1280. The van der Waals surface area contributed by atoms with Crippen LogP contribution in [0.15, 0.2) is 54.6 Å². The maximum Gasteiger partial charge on any atom is 0.269 e. The van der Waals surface area contributed by atoms with Gasteiger partial charge >= 0.3 is 0 Å². The lowest BCUT2D eigenvalue weighted by molar-refractivity contribution is -0.384. The topological polar surface area (TPSA) is 148 Å². The second kappa shape index (κ2) is 8.78. The van der Waals surface area contributed by atoms with Gasteiger partial charge in [-0.05, 0) is 24.6 Å². The van der Waals surface area contributed by atoms with E-state index in [1.54, 1.807) is 24.3 Å². The van der Waals surface area contributed by atoms with E-state index in [4.69, 9.17) is 0 Å². The van der Waals surface area contributed by atoms with Gasteiger partial charge < -0.3 is 10.4 Å². The maximum atomic E-state index is 12.4. The van der Waals surface area contributed by atoms with Crippen molar-refractivity contribution >= 4 is 23.3 Å². The highest BCUT2D eigenvalue weighted by Crippen LogP contribution is 2.16. The molecule has 0 aliphatic heterocycles. The molecule has 0 radical (unpaired) electrons. The lowest BCUT2D eigenvalue weighted by atomic mass is 10.1. The molecule has 0 fully saturated rings. The summed E-state index contributed by atoms with van der Waals surface area (Å²) in [5.41, 5.74) is 2.91. The van der Waals surface area contributed by atoms with E-state index in [-0.39, 0.29) is 29.2 Å². The molecule has 0 bridgehead atoms. The minimum Gasteiger partial charge on any atom is -0.493 e. The average Bonchev–Trinajstić information content (AvgIpc) is 3.17. The van der Waals surface area contributed by atoms with E-state index in [1.807, 2.05) is 19.1 Å². The summed E-state index contributed by atoms with van der Waals surface area (Å²) in [5, 5.41) is 30.8. The van der Waals surface area contributed by atoms with Crippen molar-refractivity contribution in [1.29, 1.82) is 0 Å². The molecule has 32 heavy (non-hydrogen) atoms. The quantitative estimate of drug-likeness (QED) is 0.298. The Morgan fingerprint density at radius 3 is 2.50 bits per heavy atom. The average molecular weight is 433 g/mol. The molecule has 0 aliphatic rings. The van der Waals surface area contributed by atoms with Gasteiger partial charge in [-0.2, -0.15) is 9.50 Å². The van der Waals surface area contributed by atoms with Crippen LogP contribution >= 0.6 is 0 Å². The van der Waals surface area contributed by atoms with E-state index < -0.39 is 4.92 Å². The molecule has 2 aromatic carbocycles. The SMILES string of the molecule is Cc1ccc(C(=O)Nc2nc3nc(CNCc4ccc([N+](=O)[O-])cc4)cc(O)n3n2)cc1. The fourth-order valence-corrected chi connectivity index (χ4v) is 2.99. The van der Waals surface area contributed by atoms with Crippen LogP contribution in [0.2, 0.25) is 0 Å². The highest BCUT2D eigenvalue weighted by Gasteiger charge is 2.14. The fourth-order valence-electron chi connectivity index (χ4n) is 2.99. The van der Waals surface area contributed by atoms with Crippen molar-refractivity contribution in [1.82, 2.24) is 24.9 Å². The largest absolute Gasteiger partial charge is 0.493 e. The van der Waals surface area contributed by atoms with Gasteiger partial charge in [0, 0.05) is 36.9 Å². The first kappa shape index (κ1) is 20.9. The standard InChI is InChI=1S/C21H19N7O4/c1-13-2-6-15(7-3-13)19(30)24-20-25-21-23-16(10-18(29)27(21)26-20)12-22-11-14-4-8-17(9-5-14)28(31)32/h2-10,22,29H,11-12H2,1H3,(H,24,26,30). The number of amides is 1. The number of nitrogens with zero attached hydrogens (tertiary/aromatic N) is 5. The number of hydrogen-bond donors (Lipinski definition) is 3. The number of non-ortho nitro benzene ring substituents is 1. The van der Waals surface area contributed by atoms with E-state index in [9.17, 15) is 20.0 Å². The number of carbonyl (C=O) groups is 1. The summed E-state index contributed by atoms with van der Waals surface area (Å²) >= 11 is 0. The minimum atomic E-state index is -0.449. The zero-order chi connectivity index (χ0) is 22.7. The Kier molecular flexibility index (Phi) is 5.73. The number of aryl methyl sites for hydroxylation is 1. The Morgan fingerprint density at radius 2 is 1.81 bits per heavy atom. The van der Waals surface area contributed by atoms with Crippen molar-refractivity contribution < 1.29 is 14.8 Å². The summed E-state index contributed by atoms with van der Waals surface area (Å²) in [4.78, 5) is 31.1. The summed E-state index contributed by atoms with van der Waals surface area (Å²) in [7, 11) is 0. The highest BCUT2D eigenvalue weighted by atomic mass is 16.6. The van der Waals surface area contributed by atoms with Gasteiger partial charge in [0.1, 0.15) is 0 Å². The summed E-state index contributed by atoms with van der Waals surface area (Å²) < 4.78 is 1.13. The van der Waals surface area contributed by atoms with Crippen LogP contribution in [0.25, 0.3) is 5.78 Å². The van der Waals surface area contributed by atoms with Crippen LogP contribution in [0.1, 0.15) is 27.2 Å². The predicted octanol–water partition coefficient (Wildman–Crippen LogP) is 2.59. The van der Waals surface area contributed by atoms with Crippen molar-refractivity contribution in [3.8, 4) is 5.88 Å². The number of aromatic hydroxyl groups is 1.